The number of fused-ring (bicyclic) bond motifs is 9. The fourth-order valence-corrected chi connectivity index (χ4v) is 13.2. The van der Waals surface area contributed by atoms with E-state index in [4.69, 9.17) is 9.41 Å². The molecule has 2 atom stereocenters. The van der Waals surface area contributed by atoms with Crippen molar-refractivity contribution < 1.29 is 12.8 Å². The number of aromatic nitrogens is 14. The van der Waals surface area contributed by atoms with Gasteiger partial charge in [-0.3, -0.25) is 19.9 Å². The van der Waals surface area contributed by atoms with E-state index in [9.17, 15) is 8.42 Å². The molecule has 19 nitrogen and oxygen atoms in total. The largest absolute Gasteiger partial charge is 0.426 e. The summed E-state index contributed by atoms with van der Waals surface area (Å²) in [5.41, 5.74) is 20.2. The van der Waals surface area contributed by atoms with Gasteiger partial charge in [0.2, 0.25) is 21.6 Å². The molecule has 104 heavy (non-hydrogen) atoms. The predicted molar refractivity (Wildman–Crippen MR) is 429 cm³/mol. The summed E-state index contributed by atoms with van der Waals surface area (Å²) in [5.74, 6) is 5.54. The second-order valence-corrected chi connectivity index (χ2v) is 27.1. The van der Waals surface area contributed by atoms with E-state index in [0.717, 1.165) is 62.3 Å². The summed E-state index contributed by atoms with van der Waals surface area (Å²) < 4.78 is 48.5. The number of aryl methyl sites for hydroxylation is 15. The van der Waals surface area contributed by atoms with Gasteiger partial charge in [0.25, 0.3) is 0 Å². The lowest BCUT2D eigenvalue weighted by Gasteiger charge is -2.30. The van der Waals surface area contributed by atoms with Crippen LogP contribution in [0.15, 0.2) is 202 Å². The van der Waals surface area contributed by atoms with Gasteiger partial charge in [0.15, 0.2) is 0 Å². The highest BCUT2D eigenvalue weighted by atomic mass is 32.2. The number of aliphatic imine (C=N–C) groups is 1. The van der Waals surface area contributed by atoms with Crippen LogP contribution in [-0.4, -0.2) is 99.6 Å². The molecule has 7 aromatic heterocycles. The fourth-order valence-electron chi connectivity index (χ4n) is 10.6. The van der Waals surface area contributed by atoms with Gasteiger partial charge in [0, 0.05) is 51.2 Å². The molecule has 22 heteroatoms. The highest BCUT2D eigenvalue weighted by Crippen LogP contribution is 2.44. The Labute approximate surface area is 623 Å². The summed E-state index contributed by atoms with van der Waals surface area (Å²) in [6.07, 6.45) is 7.43. The Bertz CT molecular complexity index is 4850. The first-order valence-corrected chi connectivity index (χ1v) is 36.4. The average Bonchev–Trinajstić information content (AvgIpc) is 1.51. The molecular formula is C82H100N16O3S3. The highest BCUT2D eigenvalue weighted by molar-refractivity contribution is 7.91. The van der Waals surface area contributed by atoms with Crippen molar-refractivity contribution in [3.63, 3.8) is 0 Å². The number of hydrogen-bond acceptors (Lipinski definition) is 20. The first kappa shape index (κ1) is 84.3. The van der Waals surface area contributed by atoms with Crippen molar-refractivity contribution in [1.29, 1.82) is 0 Å². The molecule has 0 spiro atoms. The van der Waals surface area contributed by atoms with Gasteiger partial charge in [-0.15, -0.1) is 20.4 Å². The van der Waals surface area contributed by atoms with E-state index < -0.39 is 9.84 Å². The Hall–Kier alpha value is -10.4. The smallest absolute Gasteiger partial charge is 0.213 e. The third-order valence-electron chi connectivity index (χ3n) is 16.3. The monoisotopic (exact) mass is 1450 g/mol. The van der Waals surface area contributed by atoms with Gasteiger partial charge in [-0.05, 0) is 207 Å². The van der Waals surface area contributed by atoms with E-state index in [1.54, 1.807) is 81.0 Å². The van der Waals surface area contributed by atoms with E-state index in [2.05, 4.69) is 194 Å². The van der Waals surface area contributed by atoms with Crippen LogP contribution in [0.25, 0.3) is 44.0 Å². The minimum atomic E-state index is -3.37. The molecule has 0 radical (unpaired) electrons. The van der Waals surface area contributed by atoms with Gasteiger partial charge in [0.05, 0.1) is 45.0 Å². The summed E-state index contributed by atoms with van der Waals surface area (Å²) in [7, 11) is 0.740. The molecule has 1 aliphatic heterocycles. The van der Waals surface area contributed by atoms with Crippen LogP contribution in [0, 0.1) is 104 Å². The summed E-state index contributed by atoms with van der Waals surface area (Å²) in [4.78, 5) is 27.7. The van der Waals surface area contributed by atoms with Gasteiger partial charge in [-0.1, -0.05) is 155 Å². The number of rotatable bonds is 2. The molecule has 8 heterocycles. The Morgan fingerprint density at radius 2 is 0.837 bits per heavy atom. The highest BCUT2D eigenvalue weighted by Gasteiger charge is 2.38. The first-order chi connectivity index (χ1) is 48.8. The second kappa shape index (κ2) is 40.5. The topological polar surface area (TPSA) is 235 Å². The lowest BCUT2D eigenvalue weighted by Crippen LogP contribution is -2.31. The molecule has 544 valence electrons. The molecular weight excluding hydrogens is 1350 g/mol. The maximum absolute atomic E-state index is 12.3. The average molecular weight is 1450 g/mol. The zero-order chi connectivity index (χ0) is 74.2. The number of benzene rings is 7. The minimum Gasteiger partial charge on any atom is -0.426 e. The lowest BCUT2D eigenvalue weighted by atomic mass is 9.81. The van der Waals surface area contributed by atoms with Gasteiger partial charge in [0.1, 0.15) is 57.4 Å². The van der Waals surface area contributed by atoms with Crippen LogP contribution in [0.4, 0.5) is 0 Å². The van der Waals surface area contributed by atoms with Crippen molar-refractivity contribution >= 4 is 71.8 Å². The molecule has 2 aliphatic rings. The summed E-state index contributed by atoms with van der Waals surface area (Å²) >= 11 is 2.57. The van der Waals surface area contributed by atoms with Crippen LogP contribution in [-0.2, 0) is 16.9 Å². The van der Waals surface area contributed by atoms with Crippen molar-refractivity contribution in [3.05, 3.63) is 279 Å². The maximum Gasteiger partial charge on any atom is 0.213 e. The van der Waals surface area contributed by atoms with Crippen LogP contribution >= 0.6 is 23.5 Å². The third kappa shape index (κ3) is 22.8. The molecule has 0 amide bonds. The normalized spacial score (nSPS) is 12.6. The van der Waals surface area contributed by atoms with Crippen molar-refractivity contribution in [1.82, 2.24) is 72.3 Å². The van der Waals surface area contributed by atoms with Crippen molar-refractivity contribution in [3.8, 4) is 11.1 Å². The molecule has 0 bridgehead atoms. The van der Waals surface area contributed by atoms with Crippen molar-refractivity contribution in [2.75, 3.05) is 7.05 Å². The van der Waals surface area contributed by atoms with Crippen LogP contribution < -0.4 is 0 Å². The number of nitrogens with zero attached hydrogens (tertiary/aromatic N) is 16. The number of hydrogen-bond donors (Lipinski definition) is 0. The zero-order valence-corrected chi connectivity index (χ0v) is 64.5. The van der Waals surface area contributed by atoms with Crippen LogP contribution in [0.3, 0.4) is 0 Å². The van der Waals surface area contributed by atoms with Crippen molar-refractivity contribution in [2.24, 2.45) is 12.0 Å². The Morgan fingerprint density at radius 1 is 0.423 bits per heavy atom. The zero-order valence-electron chi connectivity index (χ0n) is 62.1. The fraction of sp³-hybridized carbons (Fsp3) is 0.293. The van der Waals surface area contributed by atoms with Crippen LogP contribution in [0.2, 0.25) is 0 Å². The summed E-state index contributed by atoms with van der Waals surface area (Å²) in [5, 5.41) is 17.4. The van der Waals surface area contributed by atoms with Gasteiger partial charge in [-0.2, -0.15) is 17.5 Å². The molecule has 2 unspecified atom stereocenters. The molecule has 0 saturated heterocycles. The third-order valence-corrected chi connectivity index (χ3v) is 19.2. The van der Waals surface area contributed by atoms with Crippen molar-refractivity contribution in [2.45, 2.75) is 161 Å². The maximum atomic E-state index is 12.3. The van der Waals surface area contributed by atoms with Crippen LogP contribution in [0.1, 0.15) is 138 Å². The number of sulfone groups is 1. The minimum absolute atomic E-state index is 0. The van der Waals surface area contributed by atoms with E-state index >= 15 is 0 Å². The quantitative estimate of drug-likeness (QED) is 0.156. The molecule has 0 saturated carbocycles. The predicted octanol–water partition coefficient (Wildman–Crippen LogP) is 19.4. The molecule has 1 aliphatic carbocycles. The van der Waals surface area contributed by atoms with E-state index in [1.807, 2.05) is 118 Å². The summed E-state index contributed by atoms with van der Waals surface area (Å²) in [6, 6.07) is 51.9. The Balaban J connectivity index is 0.000000214. The molecule has 0 N–H and O–H groups in total. The first-order valence-electron chi connectivity index (χ1n) is 33.5. The molecule has 0 fully saturated rings. The SMILES string of the molecule is C.C.CC.CC1N=C2c3ccccc3-c3ccccc3C2N1C.Cc1c2ccccc2c(C)c2nsnc12.Cc1ccc(C)c2nsnc12.Cc1ccc(S(=O)(=O)c2ccc(C)cc2)cc1.Cc1cccnc1.Cc1ccncc1.Cc1nc(C)nc(C)n1.Cc1nnc(C)n1C.Cc1nnc(C)o1. The van der Waals surface area contributed by atoms with E-state index in [-0.39, 0.29) is 21.0 Å². The number of pyridine rings is 2. The van der Waals surface area contributed by atoms with Crippen LogP contribution in [0.5, 0.6) is 0 Å². The van der Waals surface area contributed by atoms with Gasteiger partial charge in [-0.25, -0.2) is 23.4 Å². The van der Waals surface area contributed by atoms with Gasteiger partial charge < -0.3 is 8.98 Å². The number of likely N-dealkylation sites (N-methyl/N-ethyl adjacent to an activating group) is 1. The van der Waals surface area contributed by atoms with Gasteiger partial charge >= 0.3 is 0 Å². The van der Waals surface area contributed by atoms with E-state index in [1.165, 1.54) is 95.6 Å². The standard InChI is InChI=1S/C17H16N2.C14H14O2S.C12H10N2S.C8H8N2S.C6H9N3.2C6H7N.C5H9N3.C4H6N2O.C2H6.2CH4/c1-11-18-16-14-9-5-3-7-12(14)13-8-4-6-10-15(13)17(16)19(11)2;1-11-3-7-13(8-4-11)17(15,16)14-9-5-12(2)6-10-14;1-7-9-5-3-4-6-10(9)8(2)12-11(7)13-15-14-12;1-5-3-4-6(2)8-7(5)9-11-10-8;1-4-7-5(2)9-6(3)8-4;1-6-2-4-7-5-3-6;1-6-3-2-4-7-5-6;1-4-6-7-5(2)8(4)3;1-3-5-6-4(2)7-3;1-2;;/h3-11,17H,1-2H3;3-10H,1-2H3;3-6H,1-2H3;3-4H,1-2H3;1-3H3;2*2-5H,1H3;1-3H3;1-2H3;1-2H3;2*1H4. The molecule has 16 rings (SSSR count). The molecule has 14 aromatic rings. The Kier molecular flexibility index (Phi) is 32.8. The second-order valence-electron chi connectivity index (χ2n) is 24.1. The lowest BCUT2D eigenvalue weighted by molar-refractivity contribution is 0.263. The Morgan fingerprint density at radius 3 is 1.21 bits per heavy atom. The molecule has 7 aromatic carbocycles. The summed E-state index contributed by atoms with van der Waals surface area (Å²) in [6.45, 7) is 35.4. The van der Waals surface area contributed by atoms with E-state index in [0.29, 0.717) is 27.6 Å².